The van der Waals surface area contributed by atoms with Crippen LogP contribution in [0, 0.1) is 5.92 Å². The van der Waals surface area contributed by atoms with E-state index in [0.29, 0.717) is 30.1 Å². The summed E-state index contributed by atoms with van der Waals surface area (Å²) in [5, 5.41) is 4.96. The van der Waals surface area contributed by atoms with Crippen LogP contribution in [0.4, 0.5) is 0 Å². The molecule has 24 heavy (non-hydrogen) atoms. The van der Waals surface area contributed by atoms with Gasteiger partial charge in [-0.3, -0.25) is 9.20 Å². The molecule has 1 amide bonds. The van der Waals surface area contributed by atoms with Gasteiger partial charge in [-0.05, 0) is 24.8 Å². The largest absolute Gasteiger partial charge is 0.376 e. The highest BCUT2D eigenvalue weighted by atomic mass is 32.1. The molecule has 2 unspecified atom stereocenters. The number of amides is 1. The average Bonchev–Trinajstić information content (AvgIpc) is 3.24. The number of fused-ring (bicyclic) bond motifs is 3. The van der Waals surface area contributed by atoms with Gasteiger partial charge in [0.25, 0.3) is 5.91 Å². The third-order valence-corrected chi connectivity index (χ3v) is 6.49. The number of thiophene rings is 1. The second kappa shape index (κ2) is 6.82. The Morgan fingerprint density at radius 1 is 1.46 bits per heavy atom. The van der Waals surface area contributed by atoms with Gasteiger partial charge in [0, 0.05) is 18.1 Å². The lowest BCUT2D eigenvalue weighted by molar-refractivity contribution is -0.00292. The predicted octanol–water partition coefficient (Wildman–Crippen LogP) is 3.94. The maximum absolute atomic E-state index is 12.3. The minimum absolute atomic E-state index is 0.0396. The van der Waals surface area contributed by atoms with Crippen molar-refractivity contribution in [1.29, 1.82) is 0 Å². The lowest BCUT2D eigenvalue weighted by Crippen LogP contribution is -2.31. The van der Waals surface area contributed by atoms with Crippen molar-refractivity contribution in [1.82, 2.24) is 14.7 Å². The van der Waals surface area contributed by atoms with Gasteiger partial charge in [-0.1, -0.05) is 19.8 Å². The van der Waals surface area contributed by atoms with Crippen LogP contribution in [0.25, 0.3) is 15.3 Å². The Morgan fingerprint density at radius 2 is 2.33 bits per heavy atom. The molecule has 0 aromatic carbocycles. The summed E-state index contributed by atoms with van der Waals surface area (Å²) in [4.78, 5) is 19.4. The molecule has 0 bridgehead atoms. The maximum Gasteiger partial charge on any atom is 0.261 e. The SMILES string of the molecule is CC1CCCCC1OCCNC(=O)c1cc2c(nc3sccn32)s1. The van der Waals surface area contributed by atoms with E-state index in [1.807, 2.05) is 22.0 Å². The molecule has 1 N–H and O–H groups in total. The third kappa shape index (κ3) is 3.08. The average molecular weight is 364 g/mol. The molecular formula is C17H21N3O2S2. The molecule has 5 nitrogen and oxygen atoms in total. The van der Waals surface area contributed by atoms with E-state index in [4.69, 9.17) is 4.74 Å². The van der Waals surface area contributed by atoms with Gasteiger partial charge in [0.1, 0.15) is 4.83 Å². The van der Waals surface area contributed by atoms with Crippen molar-refractivity contribution in [2.24, 2.45) is 5.92 Å². The van der Waals surface area contributed by atoms with Crippen molar-refractivity contribution >= 4 is 43.9 Å². The maximum atomic E-state index is 12.3. The van der Waals surface area contributed by atoms with Crippen molar-refractivity contribution < 1.29 is 9.53 Å². The first-order valence-corrected chi connectivity index (χ1v) is 10.2. The summed E-state index contributed by atoms with van der Waals surface area (Å²) in [7, 11) is 0. The lowest BCUT2D eigenvalue weighted by atomic mass is 9.88. The molecule has 0 aliphatic heterocycles. The monoisotopic (exact) mass is 363 g/mol. The van der Waals surface area contributed by atoms with E-state index >= 15 is 0 Å². The molecule has 0 radical (unpaired) electrons. The molecule has 7 heteroatoms. The fourth-order valence-corrected chi connectivity index (χ4v) is 5.07. The number of nitrogens with one attached hydrogen (secondary N) is 1. The number of rotatable bonds is 5. The highest BCUT2D eigenvalue weighted by Crippen LogP contribution is 2.28. The van der Waals surface area contributed by atoms with Crippen molar-refractivity contribution in [3.05, 3.63) is 22.5 Å². The van der Waals surface area contributed by atoms with E-state index in [0.717, 1.165) is 21.7 Å². The van der Waals surface area contributed by atoms with E-state index in [1.165, 1.54) is 30.6 Å². The van der Waals surface area contributed by atoms with Crippen LogP contribution >= 0.6 is 22.7 Å². The minimum Gasteiger partial charge on any atom is -0.376 e. The molecule has 3 aromatic heterocycles. The summed E-state index contributed by atoms with van der Waals surface area (Å²) in [5.41, 5.74) is 1.01. The molecule has 128 valence electrons. The summed E-state index contributed by atoms with van der Waals surface area (Å²) in [6.45, 7) is 3.40. The van der Waals surface area contributed by atoms with Crippen molar-refractivity contribution in [2.45, 2.75) is 38.7 Å². The van der Waals surface area contributed by atoms with Crippen LogP contribution in [0.3, 0.4) is 0 Å². The Morgan fingerprint density at radius 3 is 3.21 bits per heavy atom. The molecule has 1 aliphatic rings. The molecule has 2 atom stereocenters. The minimum atomic E-state index is -0.0396. The van der Waals surface area contributed by atoms with Crippen LogP contribution in [-0.2, 0) is 4.74 Å². The third-order valence-electron chi connectivity index (χ3n) is 4.72. The molecule has 3 aromatic rings. The van der Waals surface area contributed by atoms with Crippen LogP contribution in [0.5, 0.6) is 0 Å². The van der Waals surface area contributed by atoms with Gasteiger partial charge >= 0.3 is 0 Å². The van der Waals surface area contributed by atoms with E-state index < -0.39 is 0 Å². The standard InChI is InChI=1S/C17H21N3O2S2/c1-11-4-2-3-5-13(11)22-8-6-18-15(21)14-10-12-16(24-14)19-17-20(12)7-9-23-17/h7,9-11,13H,2-6,8H2,1H3,(H,18,21). The molecule has 0 spiro atoms. The number of nitrogens with zero attached hydrogens (tertiary/aromatic N) is 2. The molecule has 3 heterocycles. The van der Waals surface area contributed by atoms with Crippen LogP contribution in [0.15, 0.2) is 17.6 Å². The first kappa shape index (κ1) is 16.1. The number of aromatic nitrogens is 2. The molecule has 0 saturated heterocycles. The molecule has 1 fully saturated rings. The van der Waals surface area contributed by atoms with E-state index in [1.54, 1.807) is 11.3 Å². The number of imidazole rings is 1. The van der Waals surface area contributed by atoms with Gasteiger partial charge in [-0.15, -0.1) is 22.7 Å². The number of carbonyl (C=O) groups is 1. The van der Waals surface area contributed by atoms with Crippen molar-refractivity contribution in [3.8, 4) is 0 Å². The second-order valence-electron chi connectivity index (χ2n) is 6.40. The fraction of sp³-hybridized carbons (Fsp3) is 0.529. The van der Waals surface area contributed by atoms with Crippen LogP contribution < -0.4 is 5.32 Å². The number of carbonyl (C=O) groups excluding carboxylic acids is 1. The van der Waals surface area contributed by atoms with Crippen LogP contribution in [0.1, 0.15) is 42.3 Å². The lowest BCUT2D eigenvalue weighted by Gasteiger charge is -2.28. The zero-order valence-corrected chi connectivity index (χ0v) is 15.3. The zero-order valence-electron chi connectivity index (χ0n) is 13.7. The van der Waals surface area contributed by atoms with Gasteiger partial charge in [-0.2, -0.15) is 0 Å². The zero-order chi connectivity index (χ0) is 16.5. The predicted molar refractivity (Wildman–Crippen MR) is 98.2 cm³/mol. The first-order chi connectivity index (χ1) is 11.7. The summed E-state index contributed by atoms with van der Waals surface area (Å²) < 4.78 is 7.97. The van der Waals surface area contributed by atoms with Gasteiger partial charge < -0.3 is 10.1 Å². The van der Waals surface area contributed by atoms with Gasteiger partial charge in [-0.25, -0.2) is 4.98 Å². The van der Waals surface area contributed by atoms with Gasteiger partial charge in [0.05, 0.1) is 23.1 Å². The van der Waals surface area contributed by atoms with E-state index in [2.05, 4.69) is 17.2 Å². The van der Waals surface area contributed by atoms with E-state index in [-0.39, 0.29) is 5.91 Å². The summed E-state index contributed by atoms with van der Waals surface area (Å²) >= 11 is 3.05. The van der Waals surface area contributed by atoms with Crippen LogP contribution in [0.2, 0.25) is 0 Å². The Kier molecular flexibility index (Phi) is 4.56. The smallest absolute Gasteiger partial charge is 0.261 e. The summed E-state index contributed by atoms with van der Waals surface area (Å²) in [5.74, 6) is 0.593. The molecule has 1 aliphatic carbocycles. The van der Waals surface area contributed by atoms with Crippen molar-refractivity contribution in [3.63, 3.8) is 0 Å². The Balaban J connectivity index is 1.32. The van der Waals surface area contributed by atoms with Gasteiger partial charge in [0.2, 0.25) is 0 Å². The molecule has 1 saturated carbocycles. The highest BCUT2D eigenvalue weighted by Gasteiger charge is 2.21. The number of thiazole rings is 1. The van der Waals surface area contributed by atoms with Crippen molar-refractivity contribution in [2.75, 3.05) is 13.2 Å². The quantitative estimate of drug-likeness (QED) is 0.699. The van der Waals surface area contributed by atoms with E-state index in [9.17, 15) is 4.79 Å². The second-order valence-corrected chi connectivity index (χ2v) is 8.30. The Bertz CT molecular complexity index is 850. The summed E-state index contributed by atoms with van der Waals surface area (Å²) in [6, 6.07) is 1.92. The Labute approximate surface area is 148 Å². The number of hydrogen-bond donors (Lipinski definition) is 1. The topological polar surface area (TPSA) is 55.6 Å². The van der Waals surface area contributed by atoms with Crippen LogP contribution in [-0.4, -0.2) is 34.5 Å². The normalized spacial score (nSPS) is 21.5. The molecular weight excluding hydrogens is 342 g/mol. The fourth-order valence-electron chi connectivity index (χ4n) is 3.35. The number of ether oxygens (including phenoxy) is 1. The molecule has 4 rings (SSSR count). The number of hydrogen-bond acceptors (Lipinski definition) is 5. The summed E-state index contributed by atoms with van der Waals surface area (Å²) in [6.07, 6.45) is 7.32. The Hall–Kier alpha value is -1.44. The van der Waals surface area contributed by atoms with Gasteiger partial charge in [0.15, 0.2) is 4.96 Å². The highest BCUT2D eigenvalue weighted by molar-refractivity contribution is 7.21. The first-order valence-electron chi connectivity index (χ1n) is 8.47.